The zero-order valence-electron chi connectivity index (χ0n) is 6.22. The summed E-state index contributed by atoms with van der Waals surface area (Å²) < 4.78 is 5.49. The Morgan fingerprint density at radius 1 is 1.56 bits per heavy atom. The number of thiol groups is 1. The van der Waals surface area contributed by atoms with Crippen LogP contribution in [-0.4, -0.2) is 17.5 Å². The van der Waals surface area contributed by atoms with E-state index < -0.39 is 0 Å². The second-order valence-electron chi connectivity index (χ2n) is 3.34. The molecular formula is C7H14OS. The first kappa shape index (κ1) is 7.42. The summed E-state index contributed by atoms with van der Waals surface area (Å²) in [5, 5.41) is 0.400. The highest BCUT2D eigenvalue weighted by Crippen LogP contribution is 2.33. The third-order valence-corrected chi connectivity index (χ3v) is 3.10. The second kappa shape index (κ2) is 2.17. The third kappa shape index (κ3) is 1.24. The van der Waals surface area contributed by atoms with Gasteiger partial charge < -0.3 is 4.74 Å². The molecule has 0 bridgehead atoms. The maximum atomic E-state index is 5.49. The van der Waals surface area contributed by atoms with Crippen molar-refractivity contribution in [3.8, 4) is 0 Å². The molecule has 0 saturated carbocycles. The van der Waals surface area contributed by atoms with E-state index in [4.69, 9.17) is 4.74 Å². The van der Waals surface area contributed by atoms with Gasteiger partial charge in [0.2, 0.25) is 0 Å². The average Bonchev–Trinajstić information content (AvgIpc) is 1.97. The molecule has 0 unspecified atom stereocenters. The van der Waals surface area contributed by atoms with Crippen LogP contribution in [0.4, 0.5) is 0 Å². The number of ether oxygens (including phenoxy) is 1. The molecule has 9 heavy (non-hydrogen) atoms. The molecule has 1 rings (SSSR count). The van der Waals surface area contributed by atoms with Crippen LogP contribution in [-0.2, 0) is 4.74 Å². The van der Waals surface area contributed by atoms with E-state index in [1.807, 2.05) is 0 Å². The van der Waals surface area contributed by atoms with Gasteiger partial charge in [0.15, 0.2) is 0 Å². The van der Waals surface area contributed by atoms with Crippen molar-refractivity contribution in [1.29, 1.82) is 0 Å². The summed E-state index contributed by atoms with van der Waals surface area (Å²) in [5.74, 6) is 0.600. The summed E-state index contributed by atoms with van der Waals surface area (Å²) in [6.07, 6.45) is 0. The molecule has 0 aromatic carbocycles. The predicted molar refractivity (Wildman–Crippen MR) is 42.0 cm³/mol. The van der Waals surface area contributed by atoms with Gasteiger partial charge in [0.1, 0.15) is 0 Å². The summed E-state index contributed by atoms with van der Waals surface area (Å²) in [6, 6.07) is 0. The van der Waals surface area contributed by atoms with Crippen molar-refractivity contribution in [3.05, 3.63) is 0 Å². The van der Waals surface area contributed by atoms with E-state index in [0.29, 0.717) is 11.2 Å². The fourth-order valence-corrected chi connectivity index (χ4v) is 1.37. The Hall–Kier alpha value is 0.310. The molecule has 0 amide bonds. The smallest absolute Gasteiger partial charge is 0.0745 e. The van der Waals surface area contributed by atoms with Crippen LogP contribution in [0.15, 0.2) is 0 Å². The lowest BCUT2D eigenvalue weighted by molar-refractivity contribution is 0.0379. The highest BCUT2D eigenvalue weighted by Gasteiger charge is 2.38. The summed E-state index contributed by atoms with van der Waals surface area (Å²) in [6.45, 7) is 7.22. The van der Waals surface area contributed by atoms with Crippen LogP contribution in [0.25, 0.3) is 0 Å². The van der Waals surface area contributed by atoms with Crippen LogP contribution in [0, 0.1) is 5.92 Å². The van der Waals surface area contributed by atoms with Crippen LogP contribution >= 0.6 is 12.6 Å². The van der Waals surface area contributed by atoms with E-state index in [1.165, 1.54) is 0 Å². The van der Waals surface area contributed by atoms with Gasteiger partial charge >= 0.3 is 0 Å². The standard InChI is InChI=1S/C7H14OS/c1-5-4-8-7(2,3)6(5)9/h5-6,9H,4H2,1-3H3/t5-,6+/m0/s1. The van der Waals surface area contributed by atoms with E-state index in [1.54, 1.807) is 0 Å². The molecule has 0 aliphatic carbocycles. The number of hydrogen-bond acceptors (Lipinski definition) is 2. The molecular weight excluding hydrogens is 132 g/mol. The number of rotatable bonds is 0. The van der Waals surface area contributed by atoms with Crippen molar-refractivity contribution in [3.63, 3.8) is 0 Å². The zero-order valence-corrected chi connectivity index (χ0v) is 7.11. The Morgan fingerprint density at radius 3 is 2.22 bits per heavy atom. The molecule has 1 saturated heterocycles. The van der Waals surface area contributed by atoms with Gasteiger partial charge in [0.25, 0.3) is 0 Å². The molecule has 0 N–H and O–H groups in total. The second-order valence-corrected chi connectivity index (χ2v) is 3.89. The van der Waals surface area contributed by atoms with E-state index in [2.05, 4.69) is 33.4 Å². The molecule has 2 heteroatoms. The lowest BCUT2D eigenvalue weighted by Crippen LogP contribution is -2.29. The van der Waals surface area contributed by atoms with Crippen molar-refractivity contribution in [2.24, 2.45) is 5.92 Å². The fourth-order valence-electron chi connectivity index (χ4n) is 1.21. The molecule has 1 heterocycles. The highest BCUT2D eigenvalue weighted by atomic mass is 32.1. The largest absolute Gasteiger partial charge is 0.374 e. The first-order valence-corrected chi connectivity index (χ1v) is 3.88. The van der Waals surface area contributed by atoms with Gasteiger partial charge in [-0.05, 0) is 19.8 Å². The number of hydrogen-bond donors (Lipinski definition) is 1. The van der Waals surface area contributed by atoms with Crippen molar-refractivity contribution < 1.29 is 4.74 Å². The molecule has 2 atom stereocenters. The van der Waals surface area contributed by atoms with Crippen LogP contribution in [0.5, 0.6) is 0 Å². The van der Waals surface area contributed by atoms with E-state index in [-0.39, 0.29) is 5.60 Å². The van der Waals surface area contributed by atoms with Gasteiger partial charge in [0, 0.05) is 5.25 Å². The van der Waals surface area contributed by atoms with Crippen LogP contribution < -0.4 is 0 Å². The minimum Gasteiger partial charge on any atom is -0.374 e. The van der Waals surface area contributed by atoms with Crippen molar-refractivity contribution >= 4 is 12.6 Å². The molecule has 1 fully saturated rings. The van der Waals surface area contributed by atoms with Crippen LogP contribution in [0.1, 0.15) is 20.8 Å². The monoisotopic (exact) mass is 146 g/mol. The molecule has 1 nitrogen and oxygen atoms in total. The quantitative estimate of drug-likeness (QED) is 0.512. The lowest BCUT2D eigenvalue weighted by Gasteiger charge is -2.22. The molecule has 54 valence electrons. The van der Waals surface area contributed by atoms with Crippen molar-refractivity contribution in [2.45, 2.75) is 31.6 Å². The fraction of sp³-hybridized carbons (Fsp3) is 1.00. The first-order valence-electron chi connectivity index (χ1n) is 3.36. The van der Waals surface area contributed by atoms with E-state index in [9.17, 15) is 0 Å². The van der Waals surface area contributed by atoms with Gasteiger partial charge in [-0.15, -0.1) is 0 Å². The topological polar surface area (TPSA) is 9.23 Å². The highest BCUT2D eigenvalue weighted by molar-refractivity contribution is 7.81. The molecule has 0 aromatic heterocycles. The maximum Gasteiger partial charge on any atom is 0.0745 e. The Labute approximate surface area is 62.2 Å². The minimum absolute atomic E-state index is 0.0114. The van der Waals surface area contributed by atoms with Gasteiger partial charge in [0.05, 0.1) is 12.2 Å². The third-order valence-electron chi connectivity index (χ3n) is 1.97. The SMILES string of the molecule is C[C@H]1COC(C)(C)[C@@H]1S. The Balaban J connectivity index is 2.62. The van der Waals surface area contributed by atoms with Gasteiger partial charge in [-0.25, -0.2) is 0 Å². The van der Waals surface area contributed by atoms with Crippen LogP contribution in [0.2, 0.25) is 0 Å². The van der Waals surface area contributed by atoms with Gasteiger partial charge in [-0.3, -0.25) is 0 Å². The summed E-state index contributed by atoms with van der Waals surface area (Å²) in [4.78, 5) is 0. The normalized spacial score (nSPS) is 41.3. The molecule has 1 aliphatic rings. The molecule has 0 spiro atoms. The summed E-state index contributed by atoms with van der Waals surface area (Å²) >= 11 is 4.44. The minimum atomic E-state index is -0.0114. The lowest BCUT2D eigenvalue weighted by atomic mass is 9.99. The zero-order chi connectivity index (χ0) is 7.07. The van der Waals surface area contributed by atoms with Crippen molar-refractivity contribution in [1.82, 2.24) is 0 Å². The summed E-state index contributed by atoms with van der Waals surface area (Å²) in [7, 11) is 0. The van der Waals surface area contributed by atoms with Crippen LogP contribution in [0.3, 0.4) is 0 Å². The van der Waals surface area contributed by atoms with Crippen molar-refractivity contribution in [2.75, 3.05) is 6.61 Å². The average molecular weight is 146 g/mol. The van der Waals surface area contributed by atoms with E-state index in [0.717, 1.165) is 6.61 Å². The molecule has 1 aliphatic heterocycles. The maximum absolute atomic E-state index is 5.49. The Bertz CT molecular complexity index is 111. The Kier molecular flexibility index (Phi) is 1.79. The first-order chi connectivity index (χ1) is 4.04. The molecule has 0 aromatic rings. The van der Waals surface area contributed by atoms with Gasteiger partial charge in [-0.1, -0.05) is 6.92 Å². The summed E-state index contributed by atoms with van der Waals surface area (Å²) in [5.41, 5.74) is -0.0114. The predicted octanol–water partition coefficient (Wildman–Crippen LogP) is 1.73. The Morgan fingerprint density at radius 2 is 2.11 bits per heavy atom. The molecule has 0 radical (unpaired) electrons. The van der Waals surface area contributed by atoms with E-state index >= 15 is 0 Å². The van der Waals surface area contributed by atoms with Gasteiger partial charge in [-0.2, -0.15) is 12.6 Å².